The van der Waals surface area contributed by atoms with Gasteiger partial charge in [0.05, 0.1) is 0 Å². The van der Waals surface area contributed by atoms with Gasteiger partial charge in [-0.2, -0.15) is 0 Å². The second-order valence-corrected chi connectivity index (χ2v) is 4.79. The van der Waals surface area contributed by atoms with Crippen molar-refractivity contribution in [3.8, 4) is 0 Å². The first-order chi connectivity index (χ1) is 7.10. The molecule has 0 aromatic carbocycles. The van der Waals surface area contributed by atoms with E-state index in [1.54, 1.807) is 0 Å². The van der Waals surface area contributed by atoms with Crippen molar-refractivity contribution in [1.82, 2.24) is 5.32 Å². The lowest BCUT2D eigenvalue weighted by atomic mass is 9.73. The number of allylic oxidation sites excluding steroid dienone is 1. The number of carbonyl (C=O) groups is 1. The van der Waals surface area contributed by atoms with Crippen LogP contribution >= 0.6 is 0 Å². The fourth-order valence-corrected chi connectivity index (χ4v) is 2.30. The lowest BCUT2D eigenvalue weighted by Gasteiger charge is -2.35. The Morgan fingerprint density at radius 2 is 2.20 bits per heavy atom. The first-order valence-corrected chi connectivity index (χ1v) is 5.99. The van der Waals surface area contributed by atoms with E-state index in [0.29, 0.717) is 12.2 Å². The van der Waals surface area contributed by atoms with Crippen molar-refractivity contribution in [2.75, 3.05) is 13.1 Å². The molecule has 2 nitrogen and oxygen atoms in total. The standard InChI is InChI=1S/C13H23NO/c1-4-13(8-5-9-14-10-13)12(15)7-6-11(2)3/h14H,2,4-10H2,1,3H3. The summed E-state index contributed by atoms with van der Waals surface area (Å²) in [5, 5.41) is 3.35. The summed E-state index contributed by atoms with van der Waals surface area (Å²) in [6.45, 7) is 9.91. The lowest BCUT2D eigenvalue weighted by Crippen LogP contribution is -2.45. The Hall–Kier alpha value is -0.630. The predicted octanol–water partition coefficient (Wildman–Crippen LogP) is 2.69. The van der Waals surface area contributed by atoms with Crippen molar-refractivity contribution in [2.45, 2.75) is 46.0 Å². The second kappa shape index (κ2) is 5.45. The van der Waals surface area contributed by atoms with E-state index in [-0.39, 0.29) is 5.41 Å². The van der Waals surface area contributed by atoms with Gasteiger partial charge in [0, 0.05) is 18.4 Å². The molecule has 0 aliphatic carbocycles. The molecular formula is C13H23NO. The van der Waals surface area contributed by atoms with Crippen molar-refractivity contribution in [2.24, 2.45) is 5.41 Å². The van der Waals surface area contributed by atoms with Crippen LogP contribution in [0.2, 0.25) is 0 Å². The molecule has 1 saturated heterocycles. The Labute approximate surface area is 93.1 Å². The maximum Gasteiger partial charge on any atom is 0.140 e. The van der Waals surface area contributed by atoms with Gasteiger partial charge < -0.3 is 5.32 Å². The number of Topliss-reactive ketones (excluding diaryl/α,β-unsaturated/α-hetero) is 1. The van der Waals surface area contributed by atoms with Crippen LogP contribution in [-0.2, 0) is 4.79 Å². The molecule has 1 heterocycles. The van der Waals surface area contributed by atoms with Gasteiger partial charge in [0.2, 0.25) is 0 Å². The summed E-state index contributed by atoms with van der Waals surface area (Å²) in [6.07, 6.45) is 4.68. The zero-order valence-corrected chi connectivity index (χ0v) is 10.1. The Morgan fingerprint density at radius 3 is 2.67 bits per heavy atom. The van der Waals surface area contributed by atoms with Crippen molar-refractivity contribution in [1.29, 1.82) is 0 Å². The van der Waals surface area contributed by atoms with Crippen molar-refractivity contribution >= 4 is 5.78 Å². The quantitative estimate of drug-likeness (QED) is 0.705. The average Bonchev–Trinajstić information content (AvgIpc) is 2.26. The van der Waals surface area contributed by atoms with Gasteiger partial charge in [-0.3, -0.25) is 4.79 Å². The molecular weight excluding hydrogens is 186 g/mol. The molecule has 0 amide bonds. The maximum absolute atomic E-state index is 12.2. The fourth-order valence-electron chi connectivity index (χ4n) is 2.30. The Kier molecular flexibility index (Phi) is 4.52. The molecule has 0 radical (unpaired) electrons. The van der Waals surface area contributed by atoms with Crippen LogP contribution in [-0.4, -0.2) is 18.9 Å². The third-order valence-corrected chi connectivity index (χ3v) is 3.52. The molecule has 1 fully saturated rings. The third-order valence-electron chi connectivity index (χ3n) is 3.52. The van der Waals surface area contributed by atoms with Gasteiger partial charge in [0.1, 0.15) is 5.78 Å². The minimum Gasteiger partial charge on any atom is -0.316 e. The van der Waals surface area contributed by atoms with Gasteiger partial charge in [-0.05, 0) is 39.2 Å². The molecule has 1 unspecified atom stereocenters. The maximum atomic E-state index is 12.2. The molecule has 15 heavy (non-hydrogen) atoms. The van der Waals surface area contributed by atoms with Gasteiger partial charge in [-0.15, -0.1) is 6.58 Å². The van der Waals surface area contributed by atoms with Gasteiger partial charge in [0.25, 0.3) is 0 Å². The zero-order valence-electron chi connectivity index (χ0n) is 10.1. The van der Waals surface area contributed by atoms with E-state index in [1.165, 1.54) is 0 Å². The van der Waals surface area contributed by atoms with E-state index in [4.69, 9.17) is 0 Å². The van der Waals surface area contributed by atoms with Gasteiger partial charge in [-0.1, -0.05) is 12.5 Å². The van der Waals surface area contributed by atoms with Crippen LogP contribution < -0.4 is 5.32 Å². The van der Waals surface area contributed by atoms with E-state index in [1.807, 2.05) is 6.92 Å². The largest absolute Gasteiger partial charge is 0.316 e. The lowest BCUT2D eigenvalue weighted by molar-refractivity contribution is -0.130. The van der Waals surface area contributed by atoms with Crippen molar-refractivity contribution < 1.29 is 4.79 Å². The minimum absolute atomic E-state index is 0.0757. The molecule has 1 rings (SSSR count). The first-order valence-electron chi connectivity index (χ1n) is 5.99. The third kappa shape index (κ3) is 3.16. The highest BCUT2D eigenvalue weighted by atomic mass is 16.1. The van der Waals surface area contributed by atoms with Gasteiger partial charge in [-0.25, -0.2) is 0 Å². The number of carbonyl (C=O) groups excluding carboxylic acids is 1. The summed E-state index contributed by atoms with van der Waals surface area (Å²) in [4.78, 5) is 12.2. The van der Waals surface area contributed by atoms with Crippen LogP contribution in [0, 0.1) is 5.41 Å². The van der Waals surface area contributed by atoms with Gasteiger partial charge in [0.15, 0.2) is 0 Å². The van der Waals surface area contributed by atoms with Gasteiger partial charge >= 0.3 is 0 Å². The normalized spacial score (nSPS) is 26.3. The van der Waals surface area contributed by atoms with E-state index in [2.05, 4.69) is 18.8 Å². The van der Waals surface area contributed by atoms with E-state index >= 15 is 0 Å². The monoisotopic (exact) mass is 209 g/mol. The molecule has 86 valence electrons. The molecule has 0 spiro atoms. The molecule has 0 bridgehead atoms. The molecule has 0 aromatic rings. The number of rotatable bonds is 5. The second-order valence-electron chi connectivity index (χ2n) is 4.79. The van der Waals surface area contributed by atoms with E-state index < -0.39 is 0 Å². The molecule has 1 atom stereocenters. The molecule has 0 saturated carbocycles. The smallest absolute Gasteiger partial charge is 0.140 e. The van der Waals surface area contributed by atoms with E-state index in [9.17, 15) is 4.79 Å². The highest BCUT2D eigenvalue weighted by Crippen LogP contribution is 2.32. The molecule has 2 heteroatoms. The highest BCUT2D eigenvalue weighted by Gasteiger charge is 2.36. The van der Waals surface area contributed by atoms with Crippen molar-refractivity contribution in [3.05, 3.63) is 12.2 Å². The topological polar surface area (TPSA) is 29.1 Å². The molecule has 1 aliphatic rings. The van der Waals surface area contributed by atoms with Crippen LogP contribution in [0.25, 0.3) is 0 Å². The summed E-state index contributed by atoms with van der Waals surface area (Å²) < 4.78 is 0. The number of piperidine rings is 1. The minimum atomic E-state index is -0.0757. The summed E-state index contributed by atoms with van der Waals surface area (Å²) in [7, 11) is 0. The molecule has 1 aliphatic heterocycles. The van der Waals surface area contributed by atoms with Crippen LogP contribution in [0.15, 0.2) is 12.2 Å². The Bertz CT molecular complexity index is 239. The SMILES string of the molecule is C=C(C)CCC(=O)C1(CC)CCCNC1. The molecule has 0 aromatic heterocycles. The summed E-state index contributed by atoms with van der Waals surface area (Å²) >= 11 is 0. The Balaban J connectivity index is 2.55. The Morgan fingerprint density at radius 1 is 1.47 bits per heavy atom. The van der Waals surface area contributed by atoms with Crippen LogP contribution in [0.5, 0.6) is 0 Å². The number of nitrogens with one attached hydrogen (secondary N) is 1. The van der Waals surface area contributed by atoms with Crippen LogP contribution in [0.3, 0.4) is 0 Å². The molecule has 1 N–H and O–H groups in total. The summed E-state index contributed by atoms with van der Waals surface area (Å²) in [6, 6.07) is 0. The highest BCUT2D eigenvalue weighted by molar-refractivity contribution is 5.85. The predicted molar refractivity (Wildman–Crippen MR) is 63.9 cm³/mol. The summed E-state index contributed by atoms with van der Waals surface area (Å²) in [5.74, 6) is 0.431. The van der Waals surface area contributed by atoms with E-state index in [0.717, 1.165) is 44.3 Å². The number of ketones is 1. The van der Waals surface area contributed by atoms with Crippen LogP contribution in [0.4, 0.5) is 0 Å². The first kappa shape index (κ1) is 12.4. The average molecular weight is 209 g/mol. The number of hydrogen-bond donors (Lipinski definition) is 1. The van der Waals surface area contributed by atoms with Crippen LogP contribution in [0.1, 0.15) is 46.0 Å². The van der Waals surface area contributed by atoms with Crippen molar-refractivity contribution in [3.63, 3.8) is 0 Å². The fraction of sp³-hybridized carbons (Fsp3) is 0.769. The number of hydrogen-bond acceptors (Lipinski definition) is 2. The zero-order chi connectivity index (χ0) is 11.3. The summed E-state index contributed by atoms with van der Waals surface area (Å²) in [5.41, 5.74) is 1.03.